The highest BCUT2D eigenvalue weighted by Crippen LogP contribution is 2.29. The highest BCUT2D eigenvalue weighted by Gasteiger charge is 2.27. The van der Waals surface area contributed by atoms with E-state index in [-0.39, 0.29) is 12.2 Å². The van der Waals surface area contributed by atoms with E-state index < -0.39 is 23.7 Å². The fourth-order valence-corrected chi connectivity index (χ4v) is 4.89. The molecule has 0 amide bonds. The Balaban J connectivity index is 1.65. The van der Waals surface area contributed by atoms with Gasteiger partial charge in [0, 0.05) is 50.7 Å². The van der Waals surface area contributed by atoms with E-state index in [0.29, 0.717) is 18.0 Å². The Bertz CT molecular complexity index is 1340. The van der Waals surface area contributed by atoms with Gasteiger partial charge in [0.1, 0.15) is 18.5 Å². The van der Waals surface area contributed by atoms with E-state index in [4.69, 9.17) is 14.5 Å². The molecule has 10 heteroatoms. The zero-order valence-corrected chi connectivity index (χ0v) is 23.4. The number of ether oxygens (including phenoxy) is 2. The average Bonchev–Trinajstić information content (AvgIpc) is 3.23. The predicted molar refractivity (Wildman–Crippen MR) is 148 cm³/mol. The summed E-state index contributed by atoms with van der Waals surface area (Å²) in [5.74, 6) is 0.623. The van der Waals surface area contributed by atoms with Crippen molar-refractivity contribution < 1.29 is 24.5 Å². The number of benzene rings is 1. The van der Waals surface area contributed by atoms with Gasteiger partial charge in [0.05, 0.1) is 22.7 Å². The van der Waals surface area contributed by atoms with Gasteiger partial charge in [0.2, 0.25) is 0 Å². The van der Waals surface area contributed by atoms with Crippen LogP contribution in [0.25, 0.3) is 22.4 Å². The lowest BCUT2D eigenvalue weighted by molar-refractivity contribution is -0.155. The number of rotatable bonds is 10. The normalized spacial score (nSPS) is 16.4. The number of hydrogen-bond acceptors (Lipinski definition) is 8. The molecule has 3 N–H and O–H groups in total. The number of aryl methyl sites for hydroxylation is 2. The smallest absolute Gasteiger partial charge is 0.325 e. The summed E-state index contributed by atoms with van der Waals surface area (Å²) >= 11 is 0. The lowest BCUT2D eigenvalue weighted by Crippen LogP contribution is -2.46. The Hall–Kier alpha value is -3.05. The lowest BCUT2D eigenvalue weighted by atomic mass is 10.00. The largest absolute Gasteiger partial charge is 0.461 e. The van der Waals surface area contributed by atoms with Crippen LogP contribution in [0, 0.1) is 12.8 Å². The molecule has 39 heavy (non-hydrogen) atoms. The molecule has 1 aliphatic heterocycles. The summed E-state index contributed by atoms with van der Waals surface area (Å²) in [6.07, 6.45) is 2.78. The van der Waals surface area contributed by atoms with Gasteiger partial charge in [0.15, 0.2) is 0 Å². The molecule has 1 aromatic carbocycles. The van der Waals surface area contributed by atoms with E-state index >= 15 is 0 Å². The second-order valence-corrected chi connectivity index (χ2v) is 11.3. The third kappa shape index (κ3) is 7.13. The highest BCUT2D eigenvalue weighted by molar-refractivity contribution is 5.81. The third-order valence-corrected chi connectivity index (χ3v) is 7.05. The molecule has 0 radical (unpaired) electrons. The first kappa shape index (κ1) is 28.9. The summed E-state index contributed by atoms with van der Waals surface area (Å²) in [4.78, 5) is 29.9. The van der Waals surface area contributed by atoms with Crippen LogP contribution >= 0.6 is 0 Å². The maximum absolute atomic E-state index is 12.6. The summed E-state index contributed by atoms with van der Waals surface area (Å²) in [6.45, 7) is 8.84. The van der Waals surface area contributed by atoms with Gasteiger partial charge in [0.25, 0.3) is 5.56 Å². The third-order valence-electron chi connectivity index (χ3n) is 7.05. The van der Waals surface area contributed by atoms with E-state index in [1.54, 1.807) is 25.5 Å². The highest BCUT2D eigenvalue weighted by atomic mass is 16.5. The van der Waals surface area contributed by atoms with Crippen LogP contribution in [-0.4, -0.2) is 67.9 Å². The molecule has 4 rings (SSSR count). The van der Waals surface area contributed by atoms with Crippen molar-refractivity contribution in [3.05, 3.63) is 51.9 Å². The van der Waals surface area contributed by atoms with Gasteiger partial charge in [-0.25, -0.2) is 4.98 Å². The molecule has 1 saturated heterocycles. The quantitative estimate of drug-likeness (QED) is 0.334. The van der Waals surface area contributed by atoms with Gasteiger partial charge in [-0.1, -0.05) is 6.07 Å². The van der Waals surface area contributed by atoms with Crippen LogP contribution in [0.4, 0.5) is 0 Å². The predicted octanol–water partition coefficient (Wildman–Crippen LogP) is 2.29. The zero-order valence-electron chi connectivity index (χ0n) is 23.4. The van der Waals surface area contributed by atoms with Crippen molar-refractivity contribution in [2.45, 2.75) is 71.4 Å². The van der Waals surface area contributed by atoms with E-state index in [0.717, 1.165) is 60.6 Å². The van der Waals surface area contributed by atoms with Crippen molar-refractivity contribution in [1.82, 2.24) is 19.4 Å². The van der Waals surface area contributed by atoms with Gasteiger partial charge in [-0.15, -0.1) is 0 Å². The molecule has 1 aliphatic rings. The number of aliphatic hydroxyl groups is 2. The molecular formula is C29H40N4O6. The van der Waals surface area contributed by atoms with Gasteiger partial charge >= 0.3 is 5.97 Å². The number of nitrogens with zero attached hydrogens (tertiary/aromatic N) is 3. The Kier molecular flexibility index (Phi) is 8.90. The fourth-order valence-electron chi connectivity index (χ4n) is 4.89. The lowest BCUT2D eigenvalue weighted by Gasteiger charge is -2.24. The SMILES string of the molecule is Cc1cc(-c2nc3ccc(CN[C@H](C(=O)OCC(C)(C)O)[C@@H](C)O)cc3n2CC2CCOCC2)cn(C)c1=O. The summed E-state index contributed by atoms with van der Waals surface area (Å²) in [6, 6.07) is 6.89. The molecule has 1 fully saturated rings. The van der Waals surface area contributed by atoms with Crippen molar-refractivity contribution in [3.63, 3.8) is 0 Å². The molecule has 0 spiro atoms. The number of aliphatic hydroxyl groups excluding tert-OH is 1. The van der Waals surface area contributed by atoms with Crippen molar-refractivity contribution >= 4 is 17.0 Å². The summed E-state index contributed by atoms with van der Waals surface area (Å²) in [5.41, 5.74) is 3.05. The number of esters is 1. The maximum atomic E-state index is 12.6. The number of carbonyl (C=O) groups is 1. The minimum atomic E-state index is -1.16. The van der Waals surface area contributed by atoms with Gasteiger partial charge in [-0.2, -0.15) is 0 Å². The van der Waals surface area contributed by atoms with Gasteiger partial charge in [-0.3, -0.25) is 14.9 Å². The Morgan fingerprint density at radius 2 is 2.00 bits per heavy atom. The van der Waals surface area contributed by atoms with Crippen LogP contribution in [0.15, 0.2) is 35.3 Å². The number of nitrogens with one attached hydrogen (secondary N) is 1. The Labute approximate surface area is 228 Å². The van der Waals surface area contributed by atoms with E-state index in [1.807, 2.05) is 37.4 Å². The molecule has 2 atom stereocenters. The van der Waals surface area contributed by atoms with E-state index in [9.17, 15) is 19.8 Å². The second kappa shape index (κ2) is 12.0. The van der Waals surface area contributed by atoms with E-state index in [1.165, 1.54) is 6.92 Å². The van der Waals surface area contributed by atoms with E-state index in [2.05, 4.69) is 9.88 Å². The van der Waals surface area contributed by atoms with Crippen molar-refractivity contribution in [2.24, 2.45) is 13.0 Å². The molecule has 0 aliphatic carbocycles. The zero-order chi connectivity index (χ0) is 28.3. The van der Waals surface area contributed by atoms with Crippen LogP contribution in [0.3, 0.4) is 0 Å². The summed E-state index contributed by atoms with van der Waals surface area (Å²) in [7, 11) is 1.75. The van der Waals surface area contributed by atoms with Crippen LogP contribution in [0.5, 0.6) is 0 Å². The standard InChI is InChI=1S/C29H40N4O6/c1-18-12-22(16-32(5)27(18)35)26-31-23-7-6-21(13-24(23)33(26)15-20-8-10-38-11-9-20)14-30-25(19(2)34)28(36)39-17-29(3,4)37/h6-7,12-13,16,19-20,25,30,34,37H,8-11,14-15,17H2,1-5H3/t19-,25+/m1/s1. The summed E-state index contributed by atoms with van der Waals surface area (Å²) in [5, 5.41) is 23.2. The van der Waals surface area contributed by atoms with Crippen LogP contribution in [0.2, 0.25) is 0 Å². The average molecular weight is 541 g/mol. The van der Waals surface area contributed by atoms with Crippen LogP contribution in [-0.2, 0) is 34.4 Å². The Morgan fingerprint density at radius 3 is 2.64 bits per heavy atom. The van der Waals surface area contributed by atoms with Crippen LogP contribution in [0.1, 0.15) is 44.7 Å². The van der Waals surface area contributed by atoms with Crippen LogP contribution < -0.4 is 10.9 Å². The molecule has 0 bridgehead atoms. The molecule has 212 valence electrons. The monoisotopic (exact) mass is 540 g/mol. The molecule has 10 nitrogen and oxygen atoms in total. The number of fused-ring (bicyclic) bond motifs is 1. The number of aromatic nitrogens is 3. The topological polar surface area (TPSA) is 128 Å². The number of imidazole rings is 1. The molecular weight excluding hydrogens is 500 g/mol. The first-order valence-electron chi connectivity index (χ1n) is 13.5. The van der Waals surface area contributed by atoms with Crippen molar-refractivity contribution in [1.29, 1.82) is 0 Å². The molecule has 0 unspecified atom stereocenters. The number of carbonyl (C=O) groups excluding carboxylic acids is 1. The summed E-state index contributed by atoms with van der Waals surface area (Å²) < 4.78 is 14.6. The second-order valence-electron chi connectivity index (χ2n) is 11.3. The first-order valence-corrected chi connectivity index (χ1v) is 13.5. The minimum absolute atomic E-state index is 0.0343. The first-order chi connectivity index (χ1) is 18.4. The molecule has 3 aromatic rings. The van der Waals surface area contributed by atoms with Gasteiger partial charge in [-0.05, 0) is 70.2 Å². The Morgan fingerprint density at radius 1 is 1.28 bits per heavy atom. The fraction of sp³-hybridized carbons (Fsp3) is 0.552. The maximum Gasteiger partial charge on any atom is 0.325 e. The van der Waals surface area contributed by atoms with Gasteiger partial charge < -0.3 is 28.8 Å². The molecule has 2 aromatic heterocycles. The molecule has 3 heterocycles. The van der Waals surface area contributed by atoms with Crippen molar-refractivity contribution in [2.75, 3.05) is 19.8 Å². The number of hydrogen-bond donors (Lipinski definition) is 3. The molecule has 0 saturated carbocycles. The number of pyridine rings is 1. The van der Waals surface area contributed by atoms with Crippen molar-refractivity contribution in [3.8, 4) is 11.4 Å². The minimum Gasteiger partial charge on any atom is -0.461 e.